The van der Waals surface area contributed by atoms with Crippen molar-refractivity contribution in [1.82, 2.24) is 5.43 Å². The number of hydrogen-bond acceptors (Lipinski definition) is 3. The molecular weight excluding hydrogens is 324 g/mol. The largest absolute Gasteiger partial charge is 0.481 e. The number of aryl methyl sites for hydroxylation is 1. The molecule has 2 rings (SSSR count). The maximum Gasteiger partial charge on any atom is 0.280 e. The third-order valence-corrected chi connectivity index (χ3v) is 3.70. The molecule has 1 unspecified atom stereocenters. The van der Waals surface area contributed by atoms with Crippen molar-refractivity contribution in [3.8, 4) is 5.75 Å². The fraction of sp³-hybridized carbons (Fsp3) is 0.263. The summed E-state index contributed by atoms with van der Waals surface area (Å²) in [5.41, 5.74) is 5.40. The lowest BCUT2D eigenvalue weighted by atomic mass is 10.1. The molecule has 0 heterocycles. The highest BCUT2D eigenvalue weighted by atomic mass is 35.5. The third kappa shape index (κ3) is 5.39. The number of amides is 1. The van der Waals surface area contributed by atoms with Gasteiger partial charge in [-0.3, -0.25) is 4.79 Å². The van der Waals surface area contributed by atoms with Crippen LogP contribution >= 0.6 is 11.6 Å². The van der Waals surface area contributed by atoms with Gasteiger partial charge in [-0.2, -0.15) is 5.10 Å². The number of halogens is 1. The van der Waals surface area contributed by atoms with Crippen molar-refractivity contribution < 1.29 is 9.53 Å². The van der Waals surface area contributed by atoms with E-state index >= 15 is 0 Å². The van der Waals surface area contributed by atoms with Gasteiger partial charge in [-0.15, -0.1) is 0 Å². The molecule has 0 spiro atoms. The topological polar surface area (TPSA) is 50.7 Å². The highest BCUT2D eigenvalue weighted by molar-refractivity contribution is 6.30. The second kappa shape index (κ2) is 8.50. The minimum absolute atomic E-state index is 0.295. The Hall–Kier alpha value is -2.33. The van der Waals surface area contributed by atoms with E-state index in [4.69, 9.17) is 16.3 Å². The van der Waals surface area contributed by atoms with E-state index in [1.165, 1.54) is 0 Å². The van der Waals surface area contributed by atoms with Gasteiger partial charge >= 0.3 is 0 Å². The standard InChI is InChI=1S/C19H21ClN2O2/c1-13-11-17(20)9-10-18(13)24-15(3)19(23)22-21-14(2)12-16-7-5-4-6-8-16/h4-11,15H,12H2,1-3H3,(H,22,23)/b21-14+. The number of benzene rings is 2. The first-order valence-electron chi connectivity index (χ1n) is 7.75. The predicted molar refractivity (Wildman–Crippen MR) is 97.7 cm³/mol. The first-order chi connectivity index (χ1) is 11.5. The summed E-state index contributed by atoms with van der Waals surface area (Å²) in [5, 5.41) is 4.77. The number of nitrogens with zero attached hydrogens (tertiary/aromatic N) is 1. The van der Waals surface area contributed by atoms with Crippen molar-refractivity contribution in [3.63, 3.8) is 0 Å². The fourth-order valence-electron chi connectivity index (χ4n) is 2.16. The van der Waals surface area contributed by atoms with E-state index in [0.717, 1.165) is 16.8 Å². The monoisotopic (exact) mass is 344 g/mol. The Morgan fingerprint density at radius 3 is 2.62 bits per heavy atom. The number of ether oxygens (including phenoxy) is 1. The number of carbonyl (C=O) groups is 1. The summed E-state index contributed by atoms with van der Waals surface area (Å²) in [7, 11) is 0. The second-order valence-corrected chi connectivity index (χ2v) is 6.09. The van der Waals surface area contributed by atoms with Crippen LogP contribution in [0.15, 0.2) is 53.6 Å². The quantitative estimate of drug-likeness (QED) is 0.632. The maximum absolute atomic E-state index is 12.1. The summed E-state index contributed by atoms with van der Waals surface area (Å²) in [4.78, 5) is 12.1. The molecule has 1 atom stereocenters. The van der Waals surface area contributed by atoms with Gasteiger partial charge in [0.25, 0.3) is 5.91 Å². The third-order valence-electron chi connectivity index (χ3n) is 3.47. The van der Waals surface area contributed by atoms with E-state index in [2.05, 4.69) is 10.5 Å². The van der Waals surface area contributed by atoms with E-state index in [-0.39, 0.29) is 5.91 Å². The molecule has 24 heavy (non-hydrogen) atoms. The zero-order valence-corrected chi connectivity index (χ0v) is 14.8. The molecule has 2 aromatic rings. The van der Waals surface area contributed by atoms with Crippen molar-refractivity contribution in [2.24, 2.45) is 5.10 Å². The van der Waals surface area contributed by atoms with Gasteiger partial charge in [0.05, 0.1) is 0 Å². The summed E-state index contributed by atoms with van der Waals surface area (Å²) in [6.45, 7) is 5.45. The molecule has 0 saturated heterocycles. The van der Waals surface area contributed by atoms with Crippen molar-refractivity contribution in [2.75, 3.05) is 0 Å². The number of rotatable bonds is 6. The lowest BCUT2D eigenvalue weighted by Crippen LogP contribution is -2.34. The van der Waals surface area contributed by atoms with Crippen molar-refractivity contribution in [2.45, 2.75) is 33.3 Å². The van der Waals surface area contributed by atoms with E-state index in [1.807, 2.05) is 44.2 Å². The molecule has 0 bridgehead atoms. The molecular formula is C19H21ClN2O2. The second-order valence-electron chi connectivity index (χ2n) is 5.66. The molecule has 0 aromatic heterocycles. The highest BCUT2D eigenvalue weighted by Crippen LogP contribution is 2.22. The van der Waals surface area contributed by atoms with E-state index in [1.54, 1.807) is 25.1 Å². The summed E-state index contributed by atoms with van der Waals surface area (Å²) in [6.07, 6.45) is 0.0327. The Labute approximate surface area is 147 Å². The number of hydrazone groups is 1. The minimum atomic E-state index is -0.654. The van der Waals surface area contributed by atoms with E-state index in [9.17, 15) is 4.79 Å². The molecule has 0 aliphatic carbocycles. The molecule has 0 fully saturated rings. The molecule has 1 amide bonds. The van der Waals surface area contributed by atoms with Gasteiger partial charge in [0.1, 0.15) is 5.75 Å². The van der Waals surface area contributed by atoms with E-state index in [0.29, 0.717) is 17.2 Å². The Morgan fingerprint density at radius 1 is 1.25 bits per heavy atom. The maximum atomic E-state index is 12.1. The molecule has 0 aliphatic heterocycles. The Kier molecular flexibility index (Phi) is 6.38. The fourth-order valence-corrected chi connectivity index (χ4v) is 2.39. The number of hydrogen-bond donors (Lipinski definition) is 1. The predicted octanol–water partition coefficient (Wildman–Crippen LogP) is 4.15. The van der Waals surface area contributed by atoms with Crippen LogP contribution in [0, 0.1) is 6.92 Å². The zero-order valence-electron chi connectivity index (χ0n) is 14.0. The van der Waals surface area contributed by atoms with Crippen LogP contribution < -0.4 is 10.2 Å². The van der Waals surface area contributed by atoms with Gasteiger partial charge < -0.3 is 4.74 Å². The van der Waals surface area contributed by atoms with Crippen LogP contribution in [0.5, 0.6) is 5.75 Å². The molecule has 2 aromatic carbocycles. The van der Waals surface area contributed by atoms with Gasteiger partial charge in [0, 0.05) is 17.2 Å². The average Bonchev–Trinajstić information content (AvgIpc) is 2.56. The summed E-state index contributed by atoms with van der Waals surface area (Å²) < 4.78 is 5.67. The summed E-state index contributed by atoms with van der Waals surface area (Å²) in [6, 6.07) is 15.3. The summed E-state index contributed by atoms with van der Waals surface area (Å²) in [5.74, 6) is 0.337. The number of nitrogens with one attached hydrogen (secondary N) is 1. The van der Waals surface area contributed by atoms with Gasteiger partial charge in [-0.1, -0.05) is 41.9 Å². The minimum Gasteiger partial charge on any atom is -0.481 e. The summed E-state index contributed by atoms with van der Waals surface area (Å²) >= 11 is 5.91. The molecule has 1 N–H and O–H groups in total. The molecule has 0 aliphatic rings. The van der Waals surface area contributed by atoms with Crippen LogP contribution in [-0.2, 0) is 11.2 Å². The Balaban J connectivity index is 1.90. The lowest BCUT2D eigenvalue weighted by Gasteiger charge is -2.15. The van der Waals surface area contributed by atoms with Crippen molar-refractivity contribution in [1.29, 1.82) is 0 Å². The first kappa shape index (κ1) is 18.0. The smallest absolute Gasteiger partial charge is 0.280 e. The van der Waals surface area contributed by atoms with Gasteiger partial charge in [0.2, 0.25) is 0 Å². The average molecular weight is 345 g/mol. The molecule has 126 valence electrons. The van der Waals surface area contributed by atoms with E-state index < -0.39 is 6.10 Å². The Morgan fingerprint density at radius 2 is 1.96 bits per heavy atom. The van der Waals surface area contributed by atoms with Gasteiger partial charge in [-0.05, 0) is 50.1 Å². The van der Waals surface area contributed by atoms with Crippen LogP contribution in [0.25, 0.3) is 0 Å². The highest BCUT2D eigenvalue weighted by Gasteiger charge is 2.15. The van der Waals surface area contributed by atoms with Crippen LogP contribution in [0.2, 0.25) is 5.02 Å². The molecule has 0 radical (unpaired) electrons. The Bertz CT molecular complexity index is 729. The van der Waals surface area contributed by atoms with Crippen LogP contribution in [0.1, 0.15) is 25.0 Å². The first-order valence-corrected chi connectivity index (χ1v) is 8.13. The molecule has 5 heteroatoms. The SMILES string of the molecule is C/C(Cc1ccccc1)=N\NC(=O)C(C)Oc1ccc(Cl)cc1C. The van der Waals surface area contributed by atoms with Crippen LogP contribution in [-0.4, -0.2) is 17.7 Å². The van der Waals surface area contributed by atoms with Crippen molar-refractivity contribution in [3.05, 3.63) is 64.7 Å². The number of carbonyl (C=O) groups excluding carboxylic acids is 1. The zero-order chi connectivity index (χ0) is 17.5. The van der Waals surface area contributed by atoms with Crippen LogP contribution in [0.4, 0.5) is 0 Å². The van der Waals surface area contributed by atoms with Crippen LogP contribution in [0.3, 0.4) is 0 Å². The molecule has 0 saturated carbocycles. The molecule has 4 nitrogen and oxygen atoms in total. The van der Waals surface area contributed by atoms with Crippen molar-refractivity contribution >= 4 is 23.2 Å². The normalized spacial score (nSPS) is 12.6. The van der Waals surface area contributed by atoms with Gasteiger partial charge in [0.15, 0.2) is 6.10 Å². The lowest BCUT2D eigenvalue weighted by molar-refractivity contribution is -0.127. The van der Waals surface area contributed by atoms with Gasteiger partial charge in [-0.25, -0.2) is 5.43 Å².